The van der Waals surface area contributed by atoms with Crippen LogP contribution in [0.15, 0.2) is 24.4 Å². The monoisotopic (exact) mass is 219 g/mol. The number of benzene rings is 1. The summed E-state index contributed by atoms with van der Waals surface area (Å²) < 4.78 is 0. The standard InChI is InChI=1S/C11H13N3O2/c1-7(5-12)8-2-3-10-9(4-8)11(6-13-10)14(15)16/h2-4,6-7,13H,5,12H2,1H3. The summed E-state index contributed by atoms with van der Waals surface area (Å²) >= 11 is 0. The Labute approximate surface area is 92.4 Å². The van der Waals surface area contributed by atoms with E-state index in [1.165, 1.54) is 6.20 Å². The van der Waals surface area contributed by atoms with Gasteiger partial charge < -0.3 is 10.7 Å². The molecule has 0 bridgehead atoms. The lowest BCUT2D eigenvalue weighted by atomic mass is 10.00. The molecule has 0 aliphatic rings. The van der Waals surface area contributed by atoms with E-state index in [2.05, 4.69) is 4.98 Å². The van der Waals surface area contributed by atoms with Crippen molar-refractivity contribution in [3.05, 3.63) is 40.1 Å². The van der Waals surface area contributed by atoms with Crippen molar-refractivity contribution < 1.29 is 4.92 Å². The molecule has 0 saturated carbocycles. The molecule has 1 heterocycles. The molecule has 0 radical (unpaired) electrons. The van der Waals surface area contributed by atoms with Gasteiger partial charge in [-0.05, 0) is 30.2 Å². The van der Waals surface area contributed by atoms with E-state index in [1.54, 1.807) is 0 Å². The smallest absolute Gasteiger partial charge is 0.294 e. The second-order valence-corrected chi connectivity index (χ2v) is 3.87. The van der Waals surface area contributed by atoms with Gasteiger partial charge in [0.1, 0.15) is 0 Å². The number of nitrogens with zero attached hydrogens (tertiary/aromatic N) is 1. The summed E-state index contributed by atoms with van der Waals surface area (Å²) in [5, 5.41) is 11.4. The van der Waals surface area contributed by atoms with Gasteiger partial charge in [-0.1, -0.05) is 13.0 Å². The van der Waals surface area contributed by atoms with E-state index in [1.807, 2.05) is 25.1 Å². The van der Waals surface area contributed by atoms with Gasteiger partial charge in [0.15, 0.2) is 0 Å². The van der Waals surface area contributed by atoms with Crippen molar-refractivity contribution >= 4 is 16.6 Å². The summed E-state index contributed by atoms with van der Waals surface area (Å²) in [5.74, 6) is 0.207. The van der Waals surface area contributed by atoms with Gasteiger partial charge in [0.25, 0.3) is 5.69 Å². The first-order valence-corrected chi connectivity index (χ1v) is 5.09. The highest BCUT2D eigenvalue weighted by atomic mass is 16.6. The zero-order valence-electron chi connectivity index (χ0n) is 8.93. The summed E-state index contributed by atoms with van der Waals surface area (Å²) in [5.41, 5.74) is 7.49. The van der Waals surface area contributed by atoms with Gasteiger partial charge in [0.2, 0.25) is 0 Å². The SMILES string of the molecule is CC(CN)c1ccc2[nH]cc([N+](=O)[O-])c2c1. The number of hydrogen-bond donors (Lipinski definition) is 2. The largest absolute Gasteiger partial charge is 0.355 e. The Hall–Kier alpha value is -1.88. The van der Waals surface area contributed by atoms with Gasteiger partial charge in [0, 0.05) is 0 Å². The first-order chi connectivity index (χ1) is 7.63. The van der Waals surface area contributed by atoms with E-state index in [0.717, 1.165) is 11.1 Å². The molecular weight excluding hydrogens is 206 g/mol. The fraction of sp³-hybridized carbons (Fsp3) is 0.273. The van der Waals surface area contributed by atoms with Crippen LogP contribution in [0.1, 0.15) is 18.4 Å². The Bertz CT molecular complexity index is 533. The van der Waals surface area contributed by atoms with Crippen LogP contribution in [0.5, 0.6) is 0 Å². The molecule has 1 unspecified atom stereocenters. The molecule has 5 nitrogen and oxygen atoms in total. The average Bonchev–Trinajstić information content (AvgIpc) is 2.70. The van der Waals surface area contributed by atoms with Gasteiger partial charge in [-0.3, -0.25) is 10.1 Å². The Morgan fingerprint density at radius 3 is 2.94 bits per heavy atom. The summed E-state index contributed by atoms with van der Waals surface area (Å²) in [6, 6.07) is 5.63. The van der Waals surface area contributed by atoms with E-state index >= 15 is 0 Å². The Morgan fingerprint density at radius 2 is 2.31 bits per heavy atom. The molecule has 0 saturated heterocycles. The first-order valence-electron chi connectivity index (χ1n) is 5.09. The van der Waals surface area contributed by atoms with E-state index in [9.17, 15) is 10.1 Å². The minimum Gasteiger partial charge on any atom is -0.355 e. The minimum absolute atomic E-state index is 0.112. The van der Waals surface area contributed by atoms with Crippen LogP contribution in [-0.2, 0) is 0 Å². The quantitative estimate of drug-likeness (QED) is 0.612. The topological polar surface area (TPSA) is 85.0 Å². The predicted octanol–water partition coefficient (Wildman–Crippen LogP) is 2.14. The highest BCUT2D eigenvalue weighted by Gasteiger charge is 2.15. The van der Waals surface area contributed by atoms with Crippen molar-refractivity contribution in [2.45, 2.75) is 12.8 Å². The maximum Gasteiger partial charge on any atom is 0.294 e. The van der Waals surface area contributed by atoms with Gasteiger partial charge in [-0.2, -0.15) is 0 Å². The third-order valence-corrected chi connectivity index (χ3v) is 2.80. The van der Waals surface area contributed by atoms with Crippen LogP contribution in [0.2, 0.25) is 0 Å². The van der Waals surface area contributed by atoms with Crippen LogP contribution in [-0.4, -0.2) is 16.5 Å². The molecule has 16 heavy (non-hydrogen) atoms. The zero-order chi connectivity index (χ0) is 11.7. The van der Waals surface area contributed by atoms with E-state index in [4.69, 9.17) is 5.73 Å². The van der Waals surface area contributed by atoms with Crippen LogP contribution in [0.3, 0.4) is 0 Å². The lowest BCUT2D eigenvalue weighted by molar-refractivity contribution is -0.383. The second kappa shape index (κ2) is 3.94. The fourth-order valence-corrected chi connectivity index (χ4v) is 1.72. The summed E-state index contributed by atoms with van der Waals surface area (Å²) in [6.07, 6.45) is 1.42. The molecule has 0 fully saturated rings. The molecule has 0 spiro atoms. The maximum atomic E-state index is 10.8. The van der Waals surface area contributed by atoms with Crippen LogP contribution in [0.4, 0.5) is 5.69 Å². The summed E-state index contributed by atoms with van der Waals surface area (Å²) in [4.78, 5) is 13.3. The third kappa shape index (κ3) is 1.65. The molecule has 1 atom stereocenters. The molecule has 0 aliphatic carbocycles. The number of nitro groups is 1. The highest BCUT2D eigenvalue weighted by Crippen LogP contribution is 2.28. The molecule has 5 heteroatoms. The van der Waals surface area contributed by atoms with Crippen molar-refractivity contribution in [3.8, 4) is 0 Å². The van der Waals surface area contributed by atoms with E-state index < -0.39 is 0 Å². The van der Waals surface area contributed by atoms with Gasteiger partial charge in [-0.15, -0.1) is 0 Å². The van der Waals surface area contributed by atoms with Crippen molar-refractivity contribution in [3.63, 3.8) is 0 Å². The molecule has 2 rings (SSSR count). The lowest BCUT2D eigenvalue weighted by Crippen LogP contribution is -2.08. The lowest BCUT2D eigenvalue weighted by Gasteiger charge is -2.08. The maximum absolute atomic E-state index is 10.8. The Balaban J connectivity index is 2.58. The van der Waals surface area contributed by atoms with Crippen molar-refractivity contribution in [1.82, 2.24) is 4.98 Å². The van der Waals surface area contributed by atoms with Crippen molar-refractivity contribution in [2.75, 3.05) is 6.54 Å². The fourth-order valence-electron chi connectivity index (χ4n) is 1.72. The van der Waals surface area contributed by atoms with Gasteiger partial charge in [-0.25, -0.2) is 0 Å². The summed E-state index contributed by atoms with van der Waals surface area (Å²) in [6.45, 7) is 2.53. The molecule has 1 aromatic heterocycles. The van der Waals surface area contributed by atoms with Crippen LogP contribution < -0.4 is 5.73 Å². The third-order valence-electron chi connectivity index (χ3n) is 2.80. The van der Waals surface area contributed by atoms with Crippen molar-refractivity contribution in [2.24, 2.45) is 5.73 Å². The van der Waals surface area contributed by atoms with Crippen LogP contribution >= 0.6 is 0 Å². The van der Waals surface area contributed by atoms with Gasteiger partial charge in [0.05, 0.1) is 22.0 Å². The van der Waals surface area contributed by atoms with Crippen LogP contribution in [0, 0.1) is 10.1 Å². The Morgan fingerprint density at radius 1 is 1.56 bits per heavy atom. The average molecular weight is 219 g/mol. The second-order valence-electron chi connectivity index (χ2n) is 3.87. The number of fused-ring (bicyclic) bond motifs is 1. The number of rotatable bonds is 3. The number of H-pyrrole nitrogens is 1. The number of aromatic nitrogens is 1. The molecule has 3 N–H and O–H groups in total. The number of nitrogens with one attached hydrogen (secondary N) is 1. The molecular formula is C11H13N3O2. The first kappa shape index (κ1) is 10.6. The number of hydrogen-bond acceptors (Lipinski definition) is 3. The van der Waals surface area contributed by atoms with Gasteiger partial charge >= 0.3 is 0 Å². The Kier molecular flexibility index (Phi) is 2.62. The van der Waals surface area contributed by atoms with Crippen LogP contribution in [0.25, 0.3) is 10.9 Å². The predicted molar refractivity (Wildman–Crippen MR) is 62.4 cm³/mol. The molecule has 0 aliphatic heterocycles. The number of aromatic amines is 1. The van der Waals surface area contributed by atoms with E-state index in [0.29, 0.717) is 11.9 Å². The number of nitrogens with two attached hydrogens (primary N) is 1. The van der Waals surface area contributed by atoms with E-state index in [-0.39, 0.29) is 16.5 Å². The zero-order valence-corrected chi connectivity index (χ0v) is 8.93. The minimum atomic E-state index is -0.379. The normalized spacial score (nSPS) is 12.9. The summed E-state index contributed by atoms with van der Waals surface area (Å²) in [7, 11) is 0. The molecule has 2 aromatic rings. The molecule has 1 aromatic carbocycles. The molecule has 0 amide bonds. The highest BCUT2D eigenvalue weighted by molar-refractivity contribution is 5.89. The molecule has 84 valence electrons. The van der Waals surface area contributed by atoms with Crippen molar-refractivity contribution in [1.29, 1.82) is 0 Å².